The molecule has 1 aliphatic heterocycles. The molecule has 7 heteroatoms. The van der Waals surface area contributed by atoms with Crippen molar-refractivity contribution in [1.29, 1.82) is 0 Å². The summed E-state index contributed by atoms with van der Waals surface area (Å²) in [6.07, 6.45) is 5.97. The van der Waals surface area contributed by atoms with Gasteiger partial charge in [0.25, 0.3) is 0 Å². The maximum Gasteiger partial charge on any atom is 0.0944 e. The van der Waals surface area contributed by atoms with Gasteiger partial charge in [-0.1, -0.05) is 12.1 Å². The van der Waals surface area contributed by atoms with Gasteiger partial charge in [0, 0.05) is 28.8 Å². The Kier molecular flexibility index (Phi) is 3.95. The smallest absolute Gasteiger partial charge is 0.0944 e. The summed E-state index contributed by atoms with van der Waals surface area (Å²) >= 11 is 1.63. The Morgan fingerprint density at radius 2 is 1.88 bits per heavy atom. The van der Waals surface area contributed by atoms with E-state index in [-0.39, 0.29) is 0 Å². The molecular formula is C19H18N6S. The first kappa shape index (κ1) is 15.6. The highest BCUT2D eigenvalue weighted by Crippen LogP contribution is 2.36. The molecule has 2 N–H and O–H groups in total. The molecule has 0 radical (unpaired) electrons. The highest BCUT2D eigenvalue weighted by molar-refractivity contribution is 7.17. The van der Waals surface area contributed by atoms with Gasteiger partial charge in [-0.05, 0) is 38.1 Å². The van der Waals surface area contributed by atoms with Gasteiger partial charge in [-0.25, -0.2) is 4.98 Å². The van der Waals surface area contributed by atoms with Crippen LogP contribution in [0.25, 0.3) is 32.6 Å². The zero-order chi connectivity index (χ0) is 17.3. The van der Waals surface area contributed by atoms with Crippen LogP contribution in [0, 0.1) is 0 Å². The number of H-pyrrole nitrogens is 1. The van der Waals surface area contributed by atoms with Gasteiger partial charge >= 0.3 is 0 Å². The number of rotatable bonds is 3. The van der Waals surface area contributed by atoms with Crippen molar-refractivity contribution in [2.75, 3.05) is 13.1 Å². The molecule has 5 rings (SSSR count). The van der Waals surface area contributed by atoms with Crippen molar-refractivity contribution < 1.29 is 0 Å². The van der Waals surface area contributed by atoms with Crippen molar-refractivity contribution in [2.24, 2.45) is 0 Å². The predicted molar refractivity (Wildman–Crippen MR) is 103 cm³/mol. The third-order valence-electron chi connectivity index (χ3n) is 5.01. The lowest BCUT2D eigenvalue weighted by atomic mass is 9.94. The zero-order valence-electron chi connectivity index (χ0n) is 14.1. The van der Waals surface area contributed by atoms with Crippen LogP contribution in [0.3, 0.4) is 0 Å². The molecule has 0 aliphatic carbocycles. The summed E-state index contributed by atoms with van der Waals surface area (Å²) in [7, 11) is 0. The van der Waals surface area contributed by atoms with E-state index in [0.29, 0.717) is 5.92 Å². The van der Waals surface area contributed by atoms with Crippen LogP contribution in [0.2, 0.25) is 0 Å². The van der Waals surface area contributed by atoms with E-state index in [1.165, 1.54) is 0 Å². The second kappa shape index (κ2) is 6.59. The molecule has 130 valence electrons. The number of piperidine rings is 1. The first-order chi connectivity index (χ1) is 12.9. The molecule has 1 aromatic carbocycles. The van der Waals surface area contributed by atoms with Crippen LogP contribution in [-0.2, 0) is 0 Å². The minimum atomic E-state index is 0.518. The fourth-order valence-electron chi connectivity index (χ4n) is 3.60. The van der Waals surface area contributed by atoms with Gasteiger partial charge < -0.3 is 5.32 Å². The molecule has 0 bridgehead atoms. The van der Waals surface area contributed by atoms with Gasteiger partial charge in [0.1, 0.15) is 0 Å². The Morgan fingerprint density at radius 1 is 1.00 bits per heavy atom. The van der Waals surface area contributed by atoms with Crippen molar-refractivity contribution in [2.45, 2.75) is 18.8 Å². The molecule has 0 amide bonds. The number of benzene rings is 1. The van der Waals surface area contributed by atoms with Crippen LogP contribution in [0.5, 0.6) is 0 Å². The summed E-state index contributed by atoms with van der Waals surface area (Å²) in [5.41, 5.74) is 8.07. The second-order valence-corrected chi connectivity index (χ2v) is 7.40. The Balaban J connectivity index is 1.53. The quantitative estimate of drug-likeness (QED) is 0.582. The molecule has 4 heterocycles. The lowest BCUT2D eigenvalue weighted by molar-refractivity contribution is 0.450. The van der Waals surface area contributed by atoms with Crippen LogP contribution in [0.4, 0.5) is 0 Å². The zero-order valence-corrected chi connectivity index (χ0v) is 15.0. The normalized spacial score (nSPS) is 15.5. The predicted octanol–water partition coefficient (Wildman–Crippen LogP) is 3.61. The number of nitrogens with zero attached hydrogens (tertiary/aromatic N) is 4. The third-order valence-corrected chi connectivity index (χ3v) is 5.87. The minimum Gasteiger partial charge on any atom is -0.317 e. The summed E-state index contributed by atoms with van der Waals surface area (Å²) in [6.45, 7) is 2.12. The van der Waals surface area contributed by atoms with E-state index >= 15 is 0 Å². The average molecular weight is 362 g/mol. The number of thiazole rings is 1. The first-order valence-corrected chi connectivity index (χ1v) is 9.68. The highest BCUT2D eigenvalue weighted by Gasteiger charge is 2.18. The van der Waals surface area contributed by atoms with Crippen molar-refractivity contribution in [3.05, 3.63) is 47.9 Å². The third kappa shape index (κ3) is 2.69. The molecule has 0 unspecified atom stereocenters. The lowest BCUT2D eigenvalue weighted by Gasteiger charge is -2.21. The number of hydrogen-bond acceptors (Lipinski definition) is 6. The number of aromatic nitrogens is 5. The van der Waals surface area contributed by atoms with Gasteiger partial charge in [-0.3, -0.25) is 5.10 Å². The molecule has 1 fully saturated rings. The maximum absolute atomic E-state index is 4.57. The summed E-state index contributed by atoms with van der Waals surface area (Å²) < 4.78 is 1.13. The van der Waals surface area contributed by atoms with Gasteiger partial charge in [-0.15, -0.1) is 11.3 Å². The minimum absolute atomic E-state index is 0.518. The van der Waals surface area contributed by atoms with Gasteiger partial charge in [0.15, 0.2) is 0 Å². The summed E-state index contributed by atoms with van der Waals surface area (Å²) in [4.78, 5) is 4.57. The number of aromatic amines is 1. The van der Waals surface area contributed by atoms with Crippen LogP contribution in [-0.4, -0.2) is 38.5 Å². The fourth-order valence-corrected chi connectivity index (χ4v) is 4.44. The Bertz CT molecular complexity index is 1020. The van der Waals surface area contributed by atoms with Gasteiger partial charge in [-0.2, -0.15) is 15.3 Å². The molecule has 26 heavy (non-hydrogen) atoms. The molecule has 6 nitrogen and oxygen atoms in total. The second-order valence-electron chi connectivity index (χ2n) is 6.55. The number of nitrogens with one attached hydrogen (secondary N) is 2. The molecule has 4 aromatic rings. The van der Waals surface area contributed by atoms with Gasteiger partial charge in [0.2, 0.25) is 0 Å². The standard InChI is InChI=1S/C19H18N6S/c1-2-15(17-4-3-16(24-25-17)12-5-7-20-8-6-12)19-18(21-11-26-19)14(1)13-9-22-23-10-13/h1-4,9-12,20H,5-8H2,(H,22,23). The number of fused-ring (bicyclic) bond motifs is 1. The molecule has 0 atom stereocenters. The summed E-state index contributed by atoms with van der Waals surface area (Å²) in [5, 5.41) is 19.4. The Hall–Kier alpha value is -2.64. The van der Waals surface area contributed by atoms with E-state index in [9.17, 15) is 0 Å². The van der Waals surface area contributed by atoms with Crippen molar-refractivity contribution in [3.63, 3.8) is 0 Å². The largest absolute Gasteiger partial charge is 0.317 e. The molecular weight excluding hydrogens is 344 g/mol. The fraction of sp³-hybridized carbons (Fsp3) is 0.263. The van der Waals surface area contributed by atoms with E-state index in [1.54, 1.807) is 11.3 Å². The molecule has 1 aliphatic rings. The van der Waals surface area contributed by atoms with Crippen LogP contribution in [0.1, 0.15) is 24.5 Å². The lowest BCUT2D eigenvalue weighted by Crippen LogP contribution is -2.27. The van der Waals surface area contributed by atoms with E-state index in [1.807, 2.05) is 17.9 Å². The molecule has 1 saturated heterocycles. The molecule has 0 spiro atoms. The monoisotopic (exact) mass is 362 g/mol. The van der Waals surface area contributed by atoms with Crippen LogP contribution in [0.15, 0.2) is 42.2 Å². The number of hydrogen-bond donors (Lipinski definition) is 2. The average Bonchev–Trinajstić information content (AvgIpc) is 3.40. The summed E-state index contributed by atoms with van der Waals surface area (Å²) in [6, 6.07) is 8.42. The van der Waals surface area contributed by atoms with E-state index < -0.39 is 0 Å². The molecule has 3 aromatic heterocycles. The van der Waals surface area contributed by atoms with E-state index in [0.717, 1.165) is 64.2 Å². The summed E-state index contributed by atoms with van der Waals surface area (Å²) in [5.74, 6) is 0.518. The van der Waals surface area contributed by atoms with Crippen molar-refractivity contribution >= 4 is 21.6 Å². The van der Waals surface area contributed by atoms with Crippen LogP contribution < -0.4 is 5.32 Å². The van der Waals surface area contributed by atoms with E-state index in [2.05, 4.69) is 55.0 Å². The SMILES string of the molecule is c1nc2c(-c3cn[nH]c3)ccc(-c3ccc(C4CCNCC4)nn3)c2s1. The highest BCUT2D eigenvalue weighted by atomic mass is 32.1. The Morgan fingerprint density at radius 3 is 2.65 bits per heavy atom. The molecule has 0 saturated carbocycles. The topological polar surface area (TPSA) is 79.4 Å². The first-order valence-electron chi connectivity index (χ1n) is 8.80. The maximum atomic E-state index is 4.57. The van der Waals surface area contributed by atoms with Crippen LogP contribution >= 0.6 is 11.3 Å². The Labute approximate surface area is 154 Å². The van der Waals surface area contributed by atoms with E-state index in [4.69, 9.17) is 0 Å². The van der Waals surface area contributed by atoms with Gasteiger partial charge in [0.05, 0.1) is 33.3 Å². The van der Waals surface area contributed by atoms with Crippen molar-refractivity contribution in [3.8, 4) is 22.4 Å². The van der Waals surface area contributed by atoms with Crippen molar-refractivity contribution in [1.82, 2.24) is 30.7 Å².